The van der Waals surface area contributed by atoms with E-state index in [0.29, 0.717) is 18.4 Å². The van der Waals surface area contributed by atoms with Crippen molar-refractivity contribution in [2.24, 2.45) is 10.7 Å². The molecule has 0 aliphatic heterocycles. The lowest BCUT2D eigenvalue weighted by atomic mass is 10.1. The maximum absolute atomic E-state index is 6.04. The number of pyridine rings is 1. The highest BCUT2D eigenvalue weighted by molar-refractivity contribution is 5.84. The molecule has 1 unspecified atom stereocenters. The molecule has 1 aromatic heterocycles. The summed E-state index contributed by atoms with van der Waals surface area (Å²) >= 11 is 0. The molecule has 0 aliphatic carbocycles. The Hall–Kier alpha value is -2.82. The summed E-state index contributed by atoms with van der Waals surface area (Å²) in [7, 11) is 0. The minimum atomic E-state index is 0.240. The van der Waals surface area contributed by atoms with Crippen molar-refractivity contribution in [2.45, 2.75) is 46.3 Å². The first kappa shape index (κ1) is 19.5. The summed E-state index contributed by atoms with van der Waals surface area (Å²) in [6, 6.07) is 10.5. The van der Waals surface area contributed by atoms with Crippen LogP contribution in [-0.2, 0) is 11.3 Å². The molecule has 2 rings (SSSR count). The second kappa shape index (κ2) is 9.61. The van der Waals surface area contributed by atoms with E-state index in [1.807, 2.05) is 25.1 Å². The van der Waals surface area contributed by atoms with E-state index < -0.39 is 0 Å². The second-order valence-electron chi connectivity index (χ2n) is 6.34. The number of allylic oxidation sites excluding steroid dienone is 2. The molecule has 0 amide bonds. The minimum absolute atomic E-state index is 0.240. The molecule has 0 radical (unpaired) electrons. The van der Waals surface area contributed by atoms with Gasteiger partial charge in [-0.05, 0) is 31.7 Å². The Labute approximate surface area is 155 Å². The van der Waals surface area contributed by atoms with Gasteiger partial charge in [0, 0.05) is 17.6 Å². The van der Waals surface area contributed by atoms with Crippen molar-refractivity contribution >= 4 is 17.0 Å². The van der Waals surface area contributed by atoms with E-state index >= 15 is 0 Å². The largest absolute Gasteiger partial charge is 0.484 e. The number of nitrogens with one attached hydrogen (secondary N) is 1. The number of rotatable bonds is 9. The van der Waals surface area contributed by atoms with Crippen LogP contribution < -0.4 is 11.1 Å². The first-order valence-electron chi connectivity index (χ1n) is 8.92. The number of fused-ring (bicyclic) bond motifs is 1. The van der Waals surface area contributed by atoms with Gasteiger partial charge in [0.1, 0.15) is 12.4 Å². The molecule has 0 fully saturated rings. The number of benzene rings is 1. The third-order valence-electron chi connectivity index (χ3n) is 4.02. The molecule has 5 nitrogen and oxygen atoms in total. The SMILES string of the molecule is C=C(N)/N=C\C(OCc1nccc2ccccc12)=C(/C)NC(C)CCC. The van der Waals surface area contributed by atoms with Crippen LogP contribution in [0, 0.1) is 0 Å². The van der Waals surface area contributed by atoms with E-state index in [1.54, 1.807) is 12.4 Å². The topological polar surface area (TPSA) is 72.5 Å². The Bertz CT molecular complexity index is 805. The maximum Gasteiger partial charge on any atom is 0.156 e. The third kappa shape index (κ3) is 5.62. The van der Waals surface area contributed by atoms with Gasteiger partial charge < -0.3 is 15.8 Å². The van der Waals surface area contributed by atoms with Gasteiger partial charge >= 0.3 is 0 Å². The number of hydrogen-bond donors (Lipinski definition) is 2. The molecule has 0 saturated heterocycles. The zero-order valence-electron chi connectivity index (χ0n) is 15.8. The fourth-order valence-corrected chi connectivity index (χ4v) is 2.77. The Morgan fingerprint density at radius 3 is 2.88 bits per heavy atom. The van der Waals surface area contributed by atoms with Gasteiger partial charge in [-0.3, -0.25) is 4.98 Å². The van der Waals surface area contributed by atoms with Crippen molar-refractivity contribution in [2.75, 3.05) is 0 Å². The molecular formula is C21H28N4O. The summed E-state index contributed by atoms with van der Waals surface area (Å²) in [5.41, 5.74) is 7.37. The second-order valence-corrected chi connectivity index (χ2v) is 6.34. The summed E-state index contributed by atoms with van der Waals surface area (Å²) in [6.07, 6.45) is 5.60. The lowest BCUT2D eigenvalue weighted by Crippen LogP contribution is -2.25. The smallest absolute Gasteiger partial charge is 0.156 e. The fraction of sp³-hybridized carbons (Fsp3) is 0.333. The average molecular weight is 352 g/mol. The van der Waals surface area contributed by atoms with Crippen LogP contribution in [0.15, 0.2) is 65.4 Å². The maximum atomic E-state index is 6.04. The number of nitrogens with two attached hydrogens (primary N) is 1. The number of aromatic nitrogens is 1. The van der Waals surface area contributed by atoms with E-state index in [-0.39, 0.29) is 5.82 Å². The third-order valence-corrected chi connectivity index (χ3v) is 4.02. The lowest BCUT2D eigenvalue weighted by molar-refractivity contribution is 0.211. The molecule has 26 heavy (non-hydrogen) atoms. The van der Waals surface area contributed by atoms with Gasteiger partial charge in [0.15, 0.2) is 5.76 Å². The standard InChI is InChI=1S/C21H28N4O/c1-5-8-15(2)25-16(3)21(13-24-17(4)22)26-14-20-19-10-7-6-9-18(19)11-12-23-20/h6-7,9-13,15,25H,4-5,8,14,22H2,1-3H3/b21-16-,24-13-. The van der Waals surface area contributed by atoms with Gasteiger partial charge in [-0.15, -0.1) is 0 Å². The van der Waals surface area contributed by atoms with Crippen molar-refractivity contribution in [1.82, 2.24) is 10.3 Å². The van der Waals surface area contributed by atoms with E-state index in [2.05, 4.69) is 47.9 Å². The summed E-state index contributed by atoms with van der Waals surface area (Å²) in [6.45, 7) is 10.2. The molecular weight excluding hydrogens is 324 g/mol. The van der Waals surface area contributed by atoms with Crippen molar-refractivity contribution < 1.29 is 4.74 Å². The van der Waals surface area contributed by atoms with Crippen LogP contribution >= 0.6 is 0 Å². The number of nitrogens with zero attached hydrogens (tertiary/aromatic N) is 2. The predicted octanol–water partition coefficient (Wildman–Crippen LogP) is 4.26. The van der Waals surface area contributed by atoms with Crippen molar-refractivity contribution in [3.63, 3.8) is 0 Å². The lowest BCUT2D eigenvalue weighted by Gasteiger charge is -2.17. The Morgan fingerprint density at radius 2 is 2.15 bits per heavy atom. The molecule has 1 atom stereocenters. The first-order chi connectivity index (χ1) is 12.5. The van der Waals surface area contributed by atoms with Crippen LogP contribution in [0.3, 0.4) is 0 Å². The molecule has 5 heteroatoms. The molecule has 0 saturated carbocycles. The predicted molar refractivity (Wildman–Crippen MR) is 109 cm³/mol. The van der Waals surface area contributed by atoms with Crippen molar-refractivity contribution in [3.8, 4) is 0 Å². The van der Waals surface area contributed by atoms with Gasteiger partial charge in [0.2, 0.25) is 0 Å². The first-order valence-corrected chi connectivity index (χ1v) is 8.92. The molecule has 3 N–H and O–H groups in total. The quantitative estimate of drug-likeness (QED) is 0.522. The molecule has 1 aromatic carbocycles. The molecule has 1 heterocycles. The monoisotopic (exact) mass is 352 g/mol. The Morgan fingerprint density at radius 1 is 1.38 bits per heavy atom. The van der Waals surface area contributed by atoms with Crippen LogP contribution in [-0.4, -0.2) is 17.2 Å². The van der Waals surface area contributed by atoms with Gasteiger partial charge in [-0.1, -0.05) is 44.2 Å². The summed E-state index contributed by atoms with van der Waals surface area (Å²) in [5.74, 6) is 0.873. The van der Waals surface area contributed by atoms with E-state index in [0.717, 1.165) is 35.0 Å². The van der Waals surface area contributed by atoms with E-state index in [9.17, 15) is 0 Å². The number of hydrogen-bond acceptors (Lipinski definition) is 5. The Balaban J connectivity index is 2.21. The highest BCUT2D eigenvalue weighted by Crippen LogP contribution is 2.18. The number of aliphatic imine (C=N–C) groups is 1. The van der Waals surface area contributed by atoms with Gasteiger partial charge in [-0.25, -0.2) is 4.99 Å². The normalized spacial score (nSPS) is 13.5. The average Bonchev–Trinajstić information content (AvgIpc) is 2.61. The molecule has 138 valence electrons. The summed E-state index contributed by atoms with van der Waals surface area (Å²) < 4.78 is 6.04. The van der Waals surface area contributed by atoms with E-state index in [1.165, 1.54) is 0 Å². The highest BCUT2D eigenvalue weighted by atomic mass is 16.5. The van der Waals surface area contributed by atoms with Crippen LogP contribution in [0.2, 0.25) is 0 Å². The van der Waals surface area contributed by atoms with Crippen LogP contribution in [0.25, 0.3) is 10.8 Å². The molecule has 0 bridgehead atoms. The molecule has 0 aliphatic rings. The van der Waals surface area contributed by atoms with Crippen molar-refractivity contribution in [3.05, 3.63) is 66.1 Å². The van der Waals surface area contributed by atoms with Gasteiger partial charge in [0.25, 0.3) is 0 Å². The Kier molecular flexibility index (Phi) is 7.21. The summed E-state index contributed by atoms with van der Waals surface area (Å²) in [5, 5.41) is 5.67. The fourth-order valence-electron chi connectivity index (χ4n) is 2.77. The molecule has 0 spiro atoms. The van der Waals surface area contributed by atoms with Crippen LogP contribution in [0.4, 0.5) is 0 Å². The minimum Gasteiger partial charge on any atom is -0.484 e. The zero-order chi connectivity index (χ0) is 18.9. The zero-order valence-corrected chi connectivity index (χ0v) is 15.8. The van der Waals surface area contributed by atoms with Gasteiger partial charge in [-0.2, -0.15) is 0 Å². The highest BCUT2D eigenvalue weighted by Gasteiger charge is 2.08. The van der Waals surface area contributed by atoms with Crippen LogP contribution in [0.1, 0.15) is 39.3 Å². The van der Waals surface area contributed by atoms with Crippen molar-refractivity contribution in [1.29, 1.82) is 0 Å². The van der Waals surface area contributed by atoms with Gasteiger partial charge in [0.05, 0.1) is 17.6 Å². The van der Waals surface area contributed by atoms with E-state index in [4.69, 9.17) is 10.5 Å². The molecule has 2 aromatic rings. The number of ether oxygens (including phenoxy) is 1. The van der Waals surface area contributed by atoms with Crippen LogP contribution in [0.5, 0.6) is 0 Å². The summed E-state index contributed by atoms with van der Waals surface area (Å²) in [4.78, 5) is 8.56.